The van der Waals surface area contributed by atoms with Crippen LogP contribution in [-0.4, -0.2) is 61.3 Å². The van der Waals surface area contributed by atoms with E-state index in [1.54, 1.807) is 6.08 Å². The summed E-state index contributed by atoms with van der Waals surface area (Å²) < 4.78 is 0. The van der Waals surface area contributed by atoms with Crippen LogP contribution >= 0.6 is 0 Å². The number of nitrogens with one attached hydrogen (secondary N) is 2. The molecular formula is C14H27N3O2. The van der Waals surface area contributed by atoms with Crippen LogP contribution in [0.4, 0.5) is 0 Å². The zero-order valence-corrected chi connectivity index (χ0v) is 11.9. The molecule has 1 heterocycles. The lowest BCUT2D eigenvalue weighted by molar-refractivity contribution is -0.122. The Morgan fingerprint density at radius 1 is 1.53 bits per heavy atom. The first-order chi connectivity index (χ1) is 9.17. The van der Waals surface area contributed by atoms with Gasteiger partial charge in [-0.15, -0.1) is 6.58 Å². The normalized spacial score (nSPS) is 19.1. The zero-order valence-electron chi connectivity index (χ0n) is 11.9. The highest BCUT2D eigenvalue weighted by molar-refractivity contribution is 5.81. The summed E-state index contributed by atoms with van der Waals surface area (Å²) in [6.07, 6.45) is 3.95. The minimum Gasteiger partial charge on any atom is -0.395 e. The molecule has 1 fully saturated rings. The molecule has 3 N–H and O–H groups in total. The molecule has 0 aliphatic carbocycles. The van der Waals surface area contributed by atoms with Crippen molar-refractivity contribution in [2.45, 2.75) is 25.8 Å². The van der Waals surface area contributed by atoms with Crippen molar-refractivity contribution < 1.29 is 9.90 Å². The van der Waals surface area contributed by atoms with E-state index in [4.69, 9.17) is 5.11 Å². The highest BCUT2D eigenvalue weighted by Gasteiger charge is 2.20. The number of aliphatic hydroxyl groups excluding tert-OH is 1. The second kappa shape index (κ2) is 9.07. The number of β-amino-alcohol motifs (C(OH)–C–C–N with tert-alkyl or cyclic N) is 1. The largest absolute Gasteiger partial charge is 0.395 e. The first-order valence-corrected chi connectivity index (χ1v) is 7.12. The summed E-state index contributed by atoms with van der Waals surface area (Å²) in [7, 11) is 0. The second-order valence-corrected chi connectivity index (χ2v) is 5.17. The molecule has 1 saturated heterocycles. The fourth-order valence-corrected chi connectivity index (χ4v) is 2.32. The number of aliphatic hydroxyl groups is 1. The van der Waals surface area contributed by atoms with Crippen LogP contribution in [0.3, 0.4) is 0 Å². The van der Waals surface area contributed by atoms with Gasteiger partial charge in [0.15, 0.2) is 0 Å². The Labute approximate surface area is 116 Å². The van der Waals surface area contributed by atoms with Crippen LogP contribution in [0.1, 0.15) is 19.8 Å². The molecule has 5 nitrogen and oxygen atoms in total. The van der Waals surface area contributed by atoms with Crippen molar-refractivity contribution in [2.75, 3.05) is 39.3 Å². The average Bonchev–Trinajstić information content (AvgIpc) is 2.44. The Bertz CT molecular complexity index is 276. The summed E-state index contributed by atoms with van der Waals surface area (Å²) in [5.41, 5.74) is 0. The molecule has 19 heavy (non-hydrogen) atoms. The maximum absolute atomic E-state index is 11.7. The van der Waals surface area contributed by atoms with Crippen molar-refractivity contribution in [3.8, 4) is 0 Å². The molecule has 1 aliphatic heterocycles. The fraction of sp³-hybridized carbons (Fsp3) is 0.786. The molecule has 0 aromatic heterocycles. The van der Waals surface area contributed by atoms with Crippen LogP contribution in [0.25, 0.3) is 0 Å². The molecule has 1 atom stereocenters. The van der Waals surface area contributed by atoms with E-state index in [-0.39, 0.29) is 18.6 Å². The number of nitrogens with zero attached hydrogens (tertiary/aromatic N) is 1. The zero-order chi connectivity index (χ0) is 14.1. The summed E-state index contributed by atoms with van der Waals surface area (Å²) in [5.74, 6) is 0.655. The molecule has 1 amide bonds. The number of hydrogen-bond acceptors (Lipinski definition) is 4. The highest BCUT2D eigenvalue weighted by atomic mass is 16.3. The van der Waals surface area contributed by atoms with Gasteiger partial charge in [-0.1, -0.05) is 6.08 Å². The summed E-state index contributed by atoms with van der Waals surface area (Å²) in [6.45, 7) is 9.98. The van der Waals surface area contributed by atoms with Crippen molar-refractivity contribution in [3.63, 3.8) is 0 Å². The van der Waals surface area contributed by atoms with Crippen LogP contribution in [0, 0.1) is 5.92 Å². The molecule has 0 aromatic carbocycles. The van der Waals surface area contributed by atoms with Gasteiger partial charge in [0.05, 0.1) is 12.6 Å². The standard InChI is InChI=1S/C14H27N3O2/c1-3-6-15-14(19)12(2)16-11-13-4-7-17(8-5-13)9-10-18/h3,12-13,16,18H,1,4-11H2,2H3,(H,15,19)/t12-/m1/s1. The van der Waals surface area contributed by atoms with Crippen LogP contribution in [0.15, 0.2) is 12.7 Å². The van der Waals surface area contributed by atoms with Crippen LogP contribution in [0.2, 0.25) is 0 Å². The average molecular weight is 269 g/mol. The topological polar surface area (TPSA) is 64.6 Å². The molecule has 5 heteroatoms. The molecule has 1 aliphatic rings. The van der Waals surface area contributed by atoms with E-state index < -0.39 is 0 Å². The number of piperidine rings is 1. The van der Waals surface area contributed by atoms with Gasteiger partial charge in [-0.25, -0.2) is 0 Å². The third-order valence-electron chi connectivity index (χ3n) is 3.65. The van der Waals surface area contributed by atoms with Crippen molar-refractivity contribution in [1.82, 2.24) is 15.5 Å². The highest BCUT2D eigenvalue weighted by Crippen LogP contribution is 2.15. The molecular weight excluding hydrogens is 242 g/mol. The van der Waals surface area contributed by atoms with Gasteiger partial charge in [-0.2, -0.15) is 0 Å². The van der Waals surface area contributed by atoms with Gasteiger partial charge in [-0.05, 0) is 45.3 Å². The minimum atomic E-state index is -0.157. The lowest BCUT2D eigenvalue weighted by Gasteiger charge is -2.32. The van der Waals surface area contributed by atoms with E-state index in [9.17, 15) is 4.79 Å². The Kier molecular flexibility index (Phi) is 7.70. The minimum absolute atomic E-state index is 0.0256. The van der Waals surface area contributed by atoms with Crippen LogP contribution in [-0.2, 0) is 4.79 Å². The van der Waals surface area contributed by atoms with Gasteiger partial charge in [0.1, 0.15) is 0 Å². The second-order valence-electron chi connectivity index (χ2n) is 5.17. The molecule has 0 radical (unpaired) electrons. The number of amides is 1. The number of carbonyl (C=O) groups is 1. The lowest BCUT2D eigenvalue weighted by atomic mass is 9.96. The Morgan fingerprint density at radius 3 is 2.79 bits per heavy atom. The summed E-state index contributed by atoms with van der Waals surface area (Å²) in [6, 6.07) is -0.157. The third kappa shape index (κ3) is 6.18. The molecule has 0 bridgehead atoms. The first-order valence-electron chi connectivity index (χ1n) is 7.12. The third-order valence-corrected chi connectivity index (χ3v) is 3.65. The summed E-state index contributed by atoms with van der Waals surface area (Å²) in [5, 5.41) is 15.0. The molecule has 0 aromatic rings. The first kappa shape index (κ1) is 16.1. The number of carbonyl (C=O) groups excluding carboxylic acids is 1. The van der Waals surface area contributed by atoms with E-state index in [0.717, 1.165) is 39.0 Å². The lowest BCUT2D eigenvalue weighted by Crippen LogP contribution is -2.45. The molecule has 0 unspecified atom stereocenters. The van der Waals surface area contributed by atoms with Crippen LogP contribution in [0.5, 0.6) is 0 Å². The Morgan fingerprint density at radius 2 is 2.21 bits per heavy atom. The quantitative estimate of drug-likeness (QED) is 0.542. The van der Waals surface area contributed by atoms with Crippen LogP contribution < -0.4 is 10.6 Å². The molecule has 0 spiro atoms. The predicted octanol–water partition coefficient (Wildman–Crippen LogP) is -0.0290. The number of hydrogen-bond donors (Lipinski definition) is 3. The van der Waals surface area contributed by atoms with E-state index in [1.807, 2.05) is 6.92 Å². The SMILES string of the molecule is C=CCNC(=O)[C@@H](C)NCC1CCN(CCO)CC1. The number of likely N-dealkylation sites (tertiary alicyclic amines) is 1. The molecule has 110 valence electrons. The molecule has 1 rings (SSSR count). The maximum atomic E-state index is 11.7. The maximum Gasteiger partial charge on any atom is 0.237 e. The van der Waals surface area contributed by atoms with Crippen molar-refractivity contribution >= 4 is 5.91 Å². The Balaban J connectivity index is 2.15. The van der Waals surface area contributed by atoms with Gasteiger partial charge in [0.2, 0.25) is 5.91 Å². The van der Waals surface area contributed by atoms with E-state index in [1.165, 1.54) is 0 Å². The smallest absolute Gasteiger partial charge is 0.237 e. The van der Waals surface area contributed by atoms with E-state index in [2.05, 4.69) is 22.1 Å². The monoisotopic (exact) mass is 269 g/mol. The van der Waals surface area contributed by atoms with Gasteiger partial charge in [0.25, 0.3) is 0 Å². The van der Waals surface area contributed by atoms with Crippen molar-refractivity contribution in [1.29, 1.82) is 0 Å². The summed E-state index contributed by atoms with van der Waals surface area (Å²) in [4.78, 5) is 13.9. The van der Waals surface area contributed by atoms with Gasteiger partial charge in [0, 0.05) is 13.1 Å². The van der Waals surface area contributed by atoms with Crippen molar-refractivity contribution in [3.05, 3.63) is 12.7 Å². The molecule has 0 saturated carbocycles. The van der Waals surface area contributed by atoms with E-state index in [0.29, 0.717) is 12.5 Å². The number of rotatable bonds is 8. The van der Waals surface area contributed by atoms with E-state index >= 15 is 0 Å². The summed E-state index contributed by atoms with van der Waals surface area (Å²) >= 11 is 0. The predicted molar refractivity (Wildman–Crippen MR) is 76.9 cm³/mol. The Hall–Kier alpha value is -0.910. The van der Waals surface area contributed by atoms with Gasteiger partial charge >= 0.3 is 0 Å². The fourth-order valence-electron chi connectivity index (χ4n) is 2.32. The van der Waals surface area contributed by atoms with Crippen molar-refractivity contribution in [2.24, 2.45) is 5.92 Å². The van der Waals surface area contributed by atoms with Gasteiger partial charge in [-0.3, -0.25) is 4.79 Å². The van der Waals surface area contributed by atoms with Gasteiger partial charge < -0.3 is 20.6 Å².